The van der Waals surface area contributed by atoms with Crippen LogP contribution in [0.2, 0.25) is 0 Å². The van der Waals surface area contributed by atoms with Gasteiger partial charge < -0.3 is 25.7 Å². The summed E-state index contributed by atoms with van der Waals surface area (Å²) in [6, 6.07) is 7.14. The van der Waals surface area contributed by atoms with Crippen molar-refractivity contribution in [3.05, 3.63) is 46.2 Å². The topological polar surface area (TPSA) is 131 Å². The summed E-state index contributed by atoms with van der Waals surface area (Å²) in [4.78, 5) is 35.9. The van der Waals surface area contributed by atoms with Gasteiger partial charge in [0.15, 0.2) is 11.5 Å². The normalized spacial score (nSPS) is 15.7. The first-order valence-electron chi connectivity index (χ1n) is 10.9. The minimum Gasteiger partial charge on any atom is -0.408 e. The summed E-state index contributed by atoms with van der Waals surface area (Å²) in [6.45, 7) is 3.60. The molecule has 3 heterocycles. The number of nitrogens with one attached hydrogen (secondary N) is 2. The molecule has 1 aliphatic heterocycles. The molecule has 0 saturated carbocycles. The van der Waals surface area contributed by atoms with Crippen LogP contribution >= 0.6 is 0 Å². The number of para-hydroxylation sites is 1. The van der Waals surface area contributed by atoms with Crippen LogP contribution in [0.3, 0.4) is 0 Å². The Morgan fingerprint density at radius 3 is 2.91 bits per heavy atom. The van der Waals surface area contributed by atoms with Gasteiger partial charge >= 0.3 is 5.76 Å². The van der Waals surface area contributed by atoms with E-state index in [0.29, 0.717) is 47.2 Å². The molecular weight excluding hydrogens is 422 g/mol. The number of hydrogen-bond acceptors (Lipinski definition) is 8. The van der Waals surface area contributed by atoms with E-state index in [1.54, 1.807) is 36.7 Å². The van der Waals surface area contributed by atoms with E-state index in [2.05, 4.69) is 32.4 Å². The molecular formula is C23H27N7O3. The third-order valence-electron chi connectivity index (χ3n) is 5.59. The second kappa shape index (κ2) is 9.75. The van der Waals surface area contributed by atoms with Crippen molar-refractivity contribution in [3.63, 3.8) is 0 Å². The van der Waals surface area contributed by atoms with E-state index in [9.17, 15) is 9.59 Å². The Bertz CT molecular complexity index is 1280. The Kier molecular flexibility index (Phi) is 6.60. The standard InChI is InChI=1S/C23H27N7O3/c1-3-4-12-30-19(20(25-2)28-22(30)29-11-7-8-15(24)14-29)21(31)26-13-17-16-9-5-6-10-18(16)33-23(32)27-17/h5-6,9-10,15,25H,7-8,11-14,24H2,1-2H3,(H,26,31). The highest BCUT2D eigenvalue weighted by molar-refractivity contribution is 5.98. The molecule has 1 unspecified atom stereocenters. The molecule has 0 aliphatic carbocycles. The fourth-order valence-electron chi connectivity index (χ4n) is 4.05. The van der Waals surface area contributed by atoms with E-state index >= 15 is 0 Å². The number of nitrogens with two attached hydrogens (primary N) is 1. The molecule has 33 heavy (non-hydrogen) atoms. The number of benzene rings is 1. The van der Waals surface area contributed by atoms with Crippen molar-refractivity contribution in [2.75, 3.05) is 30.4 Å². The van der Waals surface area contributed by atoms with Gasteiger partial charge in [-0.1, -0.05) is 18.1 Å². The largest absolute Gasteiger partial charge is 0.439 e. The number of amides is 1. The Morgan fingerprint density at radius 1 is 1.33 bits per heavy atom. The SMILES string of the molecule is CC#CCn1c(N2CCCC(N)C2)nc(NC)c1C(=O)NCc1nc(=O)oc2ccccc12. The maximum atomic E-state index is 13.3. The summed E-state index contributed by atoms with van der Waals surface area (Å²) >= 11 is 0. The number of aromatic nitrogens is 3. The van der Waals surface area contributed by atoms with Gasteiger partial charge in [-0.2, -0.15) is 9.97 Å². The highest BCUT2D eigenvalue weighted by atomic mass is 16.4. The lowest BCUT2D eigenvalue weighted by Crippen LogP contribution is -2.44. The van der Waals surface area contributed by atoms with Crippen molar-refractivity contribution >= 4 is 28.6 Å². The molecule has 1 aliphatic rings. The molecule has 172 valence electrons. The molecule has 10 nitrogen and oxygen atoms in total. The zero-order chi connectivity index (χ0) is 23.4. The number of carbonyl (C=O) groups excluding carboxylic acids is 1. The molecule has 4 rings (SSSR count). The average Bonchev–Trinajstić information content (AvgIpc) is 3.19. The van der Waals surface area contributed by atoms with Crippen LogP contribution in [0.15, 0.2) is 33.5 Å². The van der Waals surface area contributed by atoms with Crippen molar-refractivity contribution in [3.8, 4) is 11.8 Å². The van der Waals surface area contributed by atoms with Crippen LogP contribution in [-0.4, -0.2) is 46.6 Å². The average molecular weight is 450 g/mol. The summed E-state index contributed by atoms with van der Waals surface area (Å²) in [5, 5.41) is 6.56. The van der Waals surface area contributed by atoms with Gasteiger partial charge in [0.05, 0.1) is 18.8 Å². The highest BCUT2D eigenvalue weighted by Gasteiger charge is 2.28. The maximum absolute atomic E-state index is 13.3. The molecule has 0 spiro atoms. The van der Waals surface area contributed by atoms with E-state index in [-0.39, 0.29) is 18.5 Å². The molecule has 10 heteroatoms. The molecule has 1 atom stereocenters. The molecule has 4 N–H and O–H groups in total. The van der Waals surface area contributed by atoms with E-state index < -0.39 is 5.76 Å². The van der Waals surface area contributed by atoms with Crippen molar-refractivity contribution in [2.45, 2.75) is 38.9 Å². The van der Waals surface area contributed by atoms with Gasteiger partial charge in [-0.25, -0.2) is 4.79 Å². The molecule has 2 aromatic heterocycles. The molecule has 1 saturated heterocycles. The fraction of sp³-hybridized carbons (Fsp3) is 0.391. The molecule has 0 bridgehead atoms. The van der Waals surface area contributed by atoms with Gasteiger partial charge in [0.2, 0.25) is 5.95 Å². The second-order valence-corrected chi connectivity index (χ2v) is 7.83. The van der Waals surface area contributed by atoms with Crippen LogP contribution in [0.5, 0.6) is 0 Å². The van der Waals surface area contributed by atoms with Gasteiger partial charge in [-0.3, -0.25) is 9.36 Å². The summed E-state index contributed by atoms with van der Waals surface area (Å²) in [5.41, 5.74) is 7.39. The van der Waals surface area contributed by atoms with E-state index in [4.69, 9.17) is 15.1 Å². The zero-order valence-electron chi connectivity index (χ0n) is 18.7. The lowest BCUT2D eigenvalue weighted by Gasteiger charge is -2.31. The third-order valence-corrected chi connectivity index (χ3v) is 5.59. The van der Waals surface area contributed by atoms with Crippen LogP contribution < -0.4 is 27.0 Å². The Hall–Kier alpha value is -3.84. The van der Waals surface area contributed by atoms with E-state index in [0.717, 1.165) is 19.4 Å². The van der Waals surface area contributed by atoms with Crippen molar-refractivity contribution in [2.24, 2.45) is 5.73 Å². The number of piperidine rings is 1. The predicted octanol–water partition coefficient (Wildman–Crippen LogP) is 1.31. The number of hydrogen-bond donors (Lipinski definition) is 3. The van der Waals surface area contributed by atoms with Crippen molar-refractivity contribution in [1.82, 2.24) is 19.9 Å². The highest BCUT2D eigenvalue weighted by Crippen LogP contribution is 2.26. The molecule has 0 radical (unpaired) electrons. The van der Waals surface area contributed by atoms with Crippen LogP contribution in [0.25, 0.3) is 11.0 Å². The monoisotopic (exact) mass is 449 g/mol. The van der Waals surface area contributed by atoms with Gasteiger partial charge in [0, 0.05) is 31.6 Å². The summed E-state index contributed by atoms with van der Waals surface area (Å²) in [7, 11) is 1.72. The number of fused-ring (bicyclic) bond motifs is 1. The van der Waals surface area contributed by atoms with Gasteiger partial charge in [-0.15, -0.1) is 5.92 Å². The van der Waals surface area contributed by atoms with E-state index in [1.807, 2.05) is 6.07 Å². The van der Waals surface area contributed by atoms with Crippen molar-refractivity contribution < 1.29 is 9.21 Å². The van der Waals surface area contributed by atoms with Crippen LogP contribution in [-0.2, 0) is 13.1 Å². The number of carbonyl (C=O) groups is 1. The van der Waals surface area contributed by atoms with Gasteiger partial charge in [0.1, 0.15) is 5.58 Å². The second-order valence-electron chi connectivity index (χ2n) is 7.83. The number of nitrogens with zero attached hydrogens (tertiary/aromatic N) is 4. The zero-order valence-corrected chi connectivity index (χ0v) is 18.7. The first kappa shape index (κ1) is 22.4. The summed E-state index contributed by atoms with van der Waals surface area (Å²) < 4.78 is 6.94. The first-order chi connectivity index (χ1) is 16.0. The van der Waals surface area contributed by atoms with E-state index in [1.165, 1.54) is 0 Å². The molecule has 1 aromatic carbocycles. The van der Waals surface area contributed by atoms with Crippen LogP contribution in [0.1, 0.15) is 35.9 Å². The van der Waals surface area contributed by atoms with Gasteiger partial charge in [-0.05, 0) is 31.9 Å². The third kappa shape index (κ3) is 4.68. The van der Waals surface area contributed by atoms with Crippen LogP contribution in [0, 0.1) is 11.8 Å². The van der Waals surface area contributed by atoms with Gasteiger partial charge in [0.25, 0.3) is 5.91 Å². The molecule has 3 aromatic rings. The lowest BCUT2D eigenvalue weighted by molar-refractivity contribution is 0.0942. The Labute approximate surface area is 191 Å². The Balaban J connectivity index is 1.66. The smallest absolute Gasteiger partial charge is 0.408 e. The lowest BCUT2D eigenvalue weighted by atomic mass is 10.1. The number of imidazole rings is 1. The maximum Gasteiger partial charge on any atom is 0.439 e. The number of anilines is 2. The first-order valence-corrected chi connectivity index (χ1v) is 10.9. The number of rotatable bonds is 6. The van der Waals surface area contributed by atoms with Crippen molar-refractivity contribution in [1.29, 1.82) is 0 Å². The quantitative estimate of drug-likeness (QED) is 0.480. The predicted molar refractivity (Wildman–Crippen MR) is 126 cm³/mol. The molecule has 1 fully saturated rings. The fourth-order valence-corrected chi connectivity index (χ4v) is 4.05. The summed E-state index contributed by atoms with van der Waals surface area (Å²) in [6.07, 6.45) is 1.92. The Morgan fingerprint density at radius 2 is 2.15 bits per heavy atom. The molecule has 1 amide bonds. The summed E-state index contributed by atoms with van der Waals surface area (Å²) in [5.74, 6) is 5.97. The minimum absolute atomic E-state index is 0.0561. The minimum atomic E-state index is -0.708. The van der Waals surface area contributed by atoms with Crippen LogP contribution in [0.4, 0.5) is 11.8 Å².